The Labute approximate surface area is 144 Å². The summed E-state index contributed by atoms with van der Waals surface area (Å²) in [6, 6.07) is 7.43. The van der Waals surface area contributed by atoms with Crippen LogP contribution in [0.1, 0.15) is 54.9 Å². The molecule has 1 aliphatic heterocycles. The largest absolute Gasteiger partial charge is 0.352 e. The van der Waals surface area contributed by atoms with Gasteiger partial charge in [0, 0.05) is 31.6 Å². The fourth-order valence-corrected chi connectivity index (χ4v) is 2.84. The standard InChI is InChI=1S/C19H29N3O2/c1-2-3-6-18(23)21-15-16-7-9-17(10-8-16)19(24)20-11-14-22-12-4-5-13-22/h7-10H,2-6,11-15H2,1H3,(H,20,24)(H,21,23). The molecule has 1 aliphatic rings. The molecule has 5 nitrogen and oxygen atoms in total. The van der Waals surface area contributed by atoms with Gasteiger partial charge in [-0.2, -0.15) is 0 Å². The van der Waals surface area contributed by atoms with Crippen molar-refractivity contribution in [2.45, 2.75) is 45.6 Å². The van der Waals surface area contributed by atoms with Crippen LogP contribution in [0.5, 0.6) is 0 Å². The summed E-state index contributed by atoms with van der Waals surface area (Å²) in [6.07, 6.45) is 5.06. The molecule has 0 radical (unpaired) electrons. The molecule has 24 heavy (non-hydrogen) atoms. The second-order valence-corrected chi connectivity index (χ2v) is 6.38. The Morgan fingerprint density at radius 3 is 2.46 bits per heavy atom. The molecular weight excluding hydrogens is 302 g/mol. The van der Waals surface area contributed by atoms with Gasteiger partial charge in [-0.15, -0.1) is 0 Å². The van der Waals surface area contributed by atoms with Crippen LogP contribution >= 0.6 is 0 Å². The van der Waals surface area contributed by atoms with E-state index in [4.69, 9.17) is 0 Å². The number of rotatable bonds is 9. The minimum atomic E-state index is -0.0345. The third kappa shape index (κ3) is 6.32. The van der Waals surface area contributed by atoms with Gasteiger partial charge in [-0.25, -0.2) is 0 Å². The second-order valence-electron chi connectivity index (χ2n) is 6.38. The first-order valence-electron chi connectivity index (χ1n) is 9.05. The van der Waals surface area contributed by atoms with E-state index in [9.17, 15) is 9.59 Å². The van der Waals surface area contributed by atoms with E-state index in [0.29, 0.717) is 25.1 Å². The molecule has 2 N–H and O–H groups in total. The minimum Gasteiger partial charge on any atom is -0.352 e. The average Bonchev–Trinajstić information content (AvgIpc) is 3.12. The molecule has 0 unspecified atom stereocenters. The van der Waals surface area contributed by atoms with Gasteiger partial charge in [0.1, 0.15) is 0 Å². The summed E-state index contributed by atoms with van der Waals surface area (Å²) >= 11 is 0. The van der Waals surface area contributed by atoms with Crippen molar-refractivity contribution in [2.24, 2.45) is 0 Å². The van der Waals surface area contributed by atoms with E-state index in [0.717, 1.165) is 38.0 Å². The fraction of sp³-hybridized carbons (Fsp3) is 0.579. The molecule has 132 valence electrons. The smallest absolute Gasteiger partial charge is 0.251 e. The SMILES string of the molecule is CCCCC(=O)NCc1ccc(C(=O)NCCN2CCCC2)cc1. The Balaban J connectivity index is 1.70. The molecule has 0 aromatic heterocycles. The number of nitrogens with one attached hydrogen (secondary N) is 2. The number of carbonyl (C=O) groups is 2. The molecule has 2 rings (SSSR count). The average molecular weight is 331 g/mol. The van der Waals surface area contributed by atoms with Gasteiger partial charge in [0.05, 0.1) is 0 Å². The lowest BCUT2D eigenvalue weighted by Crippen LogP contribution is -2.33. The normalized spacial score (nSPS) is 14.5. The fourth-order valence-electron chi connectivity index (χ4n) is 2.84. The third-order valence-electron chi connectivity index (χ3n) is 4.38. The molecule has 5 heteroatoms. The van der Waals surface area contributed by atoms with Crippen LogP contribution in [0.2, 0.25) is 0 Å². The summed E-state index contributed by atoms with van der Waals surface area (Å²) in [5.41, 5.74) is 1.67. The van der Waals surface area contributed by atoms with Crippen LogP contribution in [0.3, 0.4) is 0 Å². The van der Waals surface area contributed by atoms with Crippen molar-refractivity contribution in [3.63, 3.8) is 0 Å². The van der Waals surface area contributed by atoms with Gasteiger partial charge in [0.15, 0.2) is 0 Å². The molecule has 1 heterocycles. The summed E-state index contributed by atoms with van der Waals surface area (Å²) in [6.45, 7) is 6.49. The molecular formula is C19H29N3O2. The molecule has 1 aromatic rings. The first-order valence-corrected chi connectivity index (χ1v) is 9.05. The van der Waals surface area contributed by atoms with Crippen molar-refractivity contribution >= 4 is 11.8 Å². The number of hydrogen-bond acceptors (Lipinski definition) is 3. The lowest BCUT2D eigenvalue weighted by molar-refractivity contribution is -0.121. The van der Waals surface area contributed by atoms with Crippen molar-refractivity contribution in [3.05, 3.63) is 35.4 Å². The van der Waals surface area contributed by atoms with Crippen LogP contribution < -0.4 is 10.6 Å². The highest BCUT2D eigenvalue weighted by atomic mass is 16.2. The zero-order chi connectivity index (χ0) is 17.2. The van der Waals surface area contributed by atoms with Crippen LogP contribution in [0.15, 0.2) is 24.3 Å². The zero-order valence-electron chi connectivity index (χ0n) is 14.6. The monoisotopic (exact) mass is 331 g/mol. The molecule has 1 fully saturated rings. The molecule has 2 amide bonds. The van der Waals surface area contributed by atoms with Crippen molar-refractivity contribution in [3.8, 4) is 0 Å². The molecule has 0 atom stereocenters. The highest BCUT2D eigenvalue weighted by molar-refractivity contribution is 5.94. The maximum absolute atomic E-state index is 12.1. The molecule has 1 aromatic carbocycles. The van der Waals surface area contributed by atoms with Gasteiger partial charge in [-0.05, 0) is 50.0 Å². The van der Waals surface area contributed by atoms with Crippen LogP contribution in [-0.4, -0.2) is 42.9 Å². The van der Waals surface area contributed by atoms with Gasteiger partial charge in [0.2, 0.25) is 5.91 Å². The number of amides is 2. The lowest BCUT2D eigenvalue weighted by Gasteiger charge is -2.14. The summed E-state index contributed by atoms with van der Waals surface area (Å²) in [5.74, 6) is 0.0494. The maximum atomic E-state index is 12.1. The number of carbonyl (C=O) groups excluding carboxylic acids is 2. The number of unbranched alkanes of at least 4 members (excludes halogenated alkanes) is 1. The van der Waals surface area contributed by atoms with Gasteiger partial charge < -0.3 is 15.5 Å². The van der Waals surface area contributed by atoms with Crippen molar-refractivity contribution in [1.82, 2.24) is 15.5 Å². The van der Waals surface area contributed by atoms with Crippen LogP contribution in [0, 0.1) is 0 Å². The number of hydrogen-bond donors (Lipinski definition) is 2. The number of likely N-dealkylation sites (tertiary alicyclic amines) is 1. The lowest BCUT2D eigenvalue weighted by atomic mass is 10.1. The Hall–Kier alpha value is -1.88. The first kappa shape index (κ1) is 18.5. The van der Waals surface area contributed by atoms with E-state index in [2.05, 4.69) is 22.5 Å². The quantitative estimate of drug-likeness (QED) is 0.730. The van der Waals surface area contributed by atoms with Crippen molar-refractivity contribution in [2.75, 3.05) is 26.2 Å². The molecule has 1 saturated heterocycles. The topological polar surface area (TPSA) is 61.4 Å². The van der Waals surface area contributed by atoms with Gasteiger partial charge >= 0.3 is 0 Å². The van der Waals surface area contributed by atoms with E-state index in [-0.39, 0.29) is 11.8 Å². The molecule has 0 spiro atoms. The van der Waals surface area contributed by atoms with E-state index in [1.807, 2.05) is 24.3 Å². The Kier molecular flexibility index (Phi) is 7.75. The summed E-state index contributed by atoms with van der Waals surface area (Å²) in [4.78, 5) is 26.1. The molecule has 0 bridgehead atoms. The van der Waals surface area contributed by atoms with Crippen LogP contribution in [0.25, 0.3) is 0 Å². The second kappa shape index (κ2) is 10.1. The Morgan fingerprint density at radius 1 is 1.08 bits per heavy atom. The predicted molar refractivity (Wildman–Crippen MR) is 95.8 cm³/mol. The van der Waals surface area contributed by atoms with Gasteiger partial charge in [-0.3, -0.25) is 9.59 Å². The Bertz CT molecular complexity index is 522. The summed E-state index contributed by atoms with van der Waals surface area (Å²) < 4.78 is 0. The maximum Gasteiger partial charge on any atom is 0.251 e. The highest BCUT2D eigenvalue weighted by Gasteiger charge is 2.11. The van der Waals surface area contributed by atoms with Crippen LogP contribution in [0.4, 0.5) is 0 Å². The molecule has 0 aliphatic carbocycles. The van der Waals surface area contributed by atoms with E-state index in [1.54, 1.807) is 0 Å². The number of nitrogens with zero attached hydrogens (tertiary/aromatic N) is 1. The minimum absolute atomic E-state index is 0.0345. The predicted octanol–water partition coefficient (Wildman–Crippen LogP) is 2.32. The van der Waals surface area contributed by atoms with Gasteiger partial charge in [-0.1, -0.05) is 25.5 Å². The third-order valence-corrected chi connectivity index (χ3v) is 4.38. The summed E-state index contributed by atoms with van der Waals surface area (Å²) in [7, 11) is 0. The van der Waals surface area contributed by atoms with Crippen LogP contribution in [-0.2, 0) is 11.3 Å². The number of benzene rings is 1. The zero-order valence-corrected chi connectivity index (χ0v) is 14.6. The van der Waals surface area contributed by atoms with Crippen molar-refractivity contribution < 1.29 is 9.59 Å². The van der Waals surface area contributed by atoms with Crippen molar-refractivity contribution in [1.29, 1.82) is 0 Å². The van der Waals surface area contributed by atoms with E-state index < -0.39 is 0 Å². The summed E-state index contributed by atoms with van der Waals surface area (Å²) in [5, 5.41) is 5.87. The first-order chi connectivity index (χ1) is 11.7. The van der Waals surface area contributed by atoms with E-state index >= 15 is 0 Å². The van der Waals surface area contributed by atoms with E-state index in [1.165, 1.54) is 12.8 Å². The van der Waals surface area contributed by atoms with Gasteiger partial charge in [0.25, 0.3) is 5.91 Å². The Morgan fingerprint density at radius 2 is 1.79 bits per heavy atom. The molecule has 0 saturated carbocycles. The highest BCUT2D eigenvalue weighted by Crippen LogP contribution is 2.07.